The van der Waals surface area contributed by atoms with Gasteiger partial charge in [0.05, 0.1) is 18.3 Å². The molecular formula is C20H25N3O4. The standard InChI is InChI=1S/C20H25N3O4/c1-3-15(2)22(13-16-7-6-12-26-16)11-10-21-19(24)14-23-17-8-4-5-9-18(17)27-20(23)25/h4-9,12,15H,3,10-11,13-14H2,1-2H3,(H,21,24)/t15-/m0/s1. The molecule has 1 aromatic carbocycles. The molecule has 0 unspecified atom stereocenters. The number of amides is 1. The van der Waals surface area contributed by atoms with Gasteiger partial charge in [-0.05, 0) is 37.6 Å². The second-order valence-electron chi connectivity index (χ2n) is 6.58. The molecule has 0 spiro atoms. The monoisotopic (exact) mass is 371 g/mol. The molecule has 0 fully saturated rings. The zero-order chi connectivity index (χ0) is 19.2. The summed E-state index contributed by atoms with van der Waals surface area (Å²) in [7, 11) is 0. The van der Waals surface area contributed by atoms with Crippen LogP contribution in [0, 0.1) is 0 Å². The Labute approximate surface area is 157 Å². The zero-order valence-corrected chi connectivity index (χ0v) is 15.7. The van der Waals surface area contributed by atoms with E-state index in [9.17, 15) is 9.59 Å². The summed E-state index contributed by atoms with van der Waals surface area (Å²) in [6, 6.07) is 11.3. The van der Waals surface area contributed by atoms with E-state index in [0.717, 1.165) is 12.2 Å². The van der Waals surface area contributed by atoms with E-state index in [4.69, 9.17) is 8.83 Å². The van der Waals surface area contributed by atoms with E-state index in [1.54, 1.807) is 24.5 Å². The number of nitrogens with one attached hydrogen (secondary N) is 1. The highest BCUT2D eigenvalue weighted by molar-refractivity contribution is 5.79. The first-order valence-electron chi connectivity index (χ1n) is 9.20. The van der Waals surface area contributed by atoms with Gasteiger partial charge in [0.2, 0.25) is 5.91 Å². The van der Waals surface area contributed by atoms with Crippen molar-refractivity contribution in [2.45, 2.75) is 39.4 Å². The summed E-state index contributed by atoms with van der Waals surface area (Å²) in [4.78, 5) is 26.5. The molecule has 7 heteroatoms. The maximum Gasteiger partial charge on any atom is 0.420 e. The number of rotatable bonds is 9. The Morgan fingerprint density at radius 1 is 1.26 bits per heavy atom. The Balaban J connectivity index is 1.56. The third-order valence-electron chi connectivity index (χ3n) is 4.75. The van der Waals surface area contributed by atoms with Gasteiger partial charge in [0.15, 0.2) is 5.58 Å². The molecule has 2 aromatic heterocycles. The highest BCUT2D eigenvalue weighted by atomic mass is 16.4. The van der Waals surface area contributed by atoms with Gasteiger partial charge in [0.25, 0.3) is 0 Å². The van der Waals surface area contributed by atoms with Crippen LogP contribution in [-0.4, -0.2) is 34.5 Å². The molecule has 0 aliphatic heterocycles. The number of carbonyl (C=O) groups is 1. The summed E-state index contributed by atoms with van der Waals surface area (Å²) in [5.41, 5.74) is 1.10. The molecule has 0 radical (unpaired) electrons. The third-order valence-corrected chi connectivity index (χ3v) is 4.75. The first-order chi connectivity index (χ1) is 13.1. The van der Waals surface area contributed by atoms with Crippen molar-refractivity contribution in [1.29, 1.82) is 0 Å². The molecule has 0 aliphatic carbocycles. The molecule has 1 amide bonds. The van der Waals surface area contributed by atoms with E-state index < -0.39 is 5.76 Å². The predicted octanol–water partition coefficient (Wildman–Crippen LogP) is 2.60. The number of carbonyl (C=O) groups excluding carboxylic acids is 1. The van der Waals surface area contributed by atoms with E-state index in [-0.39, 0.29) is 12.5 Å². The van der Waals surface area contributed by atoms with Crippen molar-refractivity contribution >= 4 is 17.0 Å². The lowest BCUT2D eigenvalue weighted by molar-refractivity contribution is -0.121. The Hall–Kier alpha value is -2.80. The quantitative estimate of drug-likeness (QED) is 0.625. The van der Waals surface area contributed by atoms with Crippen LogP contribution >= 0.6 is 0 Å². The number of aromatic nitrogens is 1. The van der Waals surface area contributed by atoms with Crippen LogP contribution in [0.25, 0.3) is 11.1 Å². The van der Waals surface area contributed by atoms with Crippen LogP contribution in [0.1, 0.15) is 26.0 Å². The summed E-state index contributed by atoms with van der Waals surface area (Å²) >= 11 is 0. The van der Waals surface area contributed by atoms with Crippen LogP contribution in [0.5, 0.6) is 0 Å². The van der Waals surface area contributed by atoms with E-state index in [2.05, 4.69) is 24.1 Å². The molecule has 27 heavy (non-hydrogen) atoms. The second-order valence-corrected chi connectivity index (χ2v) is 6.58. The fraction of sp³-hybridized carbons (Fsp3) is 0.400. The van der Waals surface area contributed by atoms with Gasteiger partial charge in [-0.1, -0.05) is 19.1 Å². The fourth-order valence-electron chi connectivity index (χ4n) is 3.02. The van der Waals surface area contributed by atoms with Gasteiger partial charge in [0.1, 0.15) is 12.3 Å². The number of furan rings is 1. The molecule has 3 aromatic rings. The molecule has 1 atom stereocenters. The Morgan fingerprint density at radius 2 is 2.07 bits per heavy atom. The smallest absolute Gasteiger partial charge is 0.420 e. The van der Waals surface area contributed by atoms with E-state index >= 15 is 0 Å². The molecule has 0 aliphatic rings. The topological polar surface area (TPSA) is 80.6 Å². The minimum absolute atomic E-state index is 0.0582. The summed E-state index contributed by atoms with van der Waals surface area (Å²) in [5, 5.41) is 2.89. The van der Waals surface area contributed by atoms with Crippen molar-refractivity contribution in [2.24, 2.45) is 0 Å². The van der Waals surface area contributed by atoms with Gasteiger partial charge < -0.3 is 14.2 Å². The first kappa shape index (κ1) is 19.0. The van der Waals surface area contributed by atoms with Crippen LogP contribution < -0.4 is 11.1 Å². The summed E-state index contributed by atoms with van der Waals surface area (Å²) in [5.74, 6) is 0.161. The molecule has 3 rings (SSSR count). The van der Waals surface area contributed by atoms with Crippen LogP contribution in [0.4, 0.5) is 0 Å². The highest BCUT2D eigenvalue weighted by Gasteiger charge is 2.15. The van der Waals surface area contributed by atoms with Crippen molar-refractivity contribution in [3.63, 3.8) is 0 Å². The number of para-hydroxylation sites is 2. The number of nitrogens with zero attached hydrogens (tertiary/aromatic N) is 2. The maximum absolute atomic E-state index is 12.3. The Bertz CT molecular complexity index is 926. The third kappa shape index (κ3) is 4.68. The van der Waals surface area contributed by atoms with Crippen molar-refractivity contribution in [1.82, 2.24) is 14.8 Å². The predicted molar refractivity (Wildman–Crippen MR) is 102 cm³/mol. The van der Waals surface area contributed by atoms with Gasteiger partial charge in [-0.25, -0.2) is 4.79 Å². The van der Waals surface area contributed by atoms with Gasteiger partial charge in [-0.3, -0.25) is 14.3 Å². The minimum Gasteiger partial charge on any atom is -0.468 e. The lowest BCUT2D eigenvalue weighted by Crippen LogP contribution is -2.40. The molecule has 0 saturated heterocycles. The Morgan fingerprint density at radius 3 is 2.81 bits per heavy atom. The van der Waals surface area contributed by atoms with Crippen molar-refractivity contribution in [3.8, 4) is 0 Å². The number of fused-ring (bicyclic) bond motifs is 1. The number of hydrogen-bond donors (Lipinski definition) is 1. The van der Waals surface area contributed by atoms with Gasteiger partial charge >= 0.3 is 5.76 Å². The van der Waals surface area contributed by atoms with E-state index in [0.29, 0.717) is 36.8 Å². The minimum atomic E-state index is -0.523. The number of hydrogen-bond acceptors (Lipinski definition) is 5. The van der Waals surface area contributed by atoms with E-state index in [1.807, 2.05) is 18.2 Å². The van der Waals surface area contributed by atoms with Crippen LogP contribution in [-0.2, 0) is 17.9 Å². The summed E-state index contributed by atoms with van der Waals surface area (Å²) in [6.07, 6.45) is 2.67. The van der Waals surface area contributed by atoms with Crippen LogP contribution in [0.15, 0.2) is 56.3 Å². The molecule has 7 nitrogen and oxygen atoms in total. The van der Waals surface area contributed by atoms with Crippen LogP contribution in [0.2, 0.25) is 0 Å². The molecule has 0 bridgehead atoms. The van der Waals surface area contributed by atoms with E-state index in [1.165, 1.54) is 4.57 Å². The SMILES string of the molecule is CC[C@H](C)N(CCNC(=O)Cn1c(=O)oc2ccccc21)Cc1ccco1. The Kier molecular flexibility index (Phi) is 6.13. The van der Waals surface area contributed by atoms with Crippen molar-refractivity contribution in [2.75, 3.05) is 13.1 Å². The van der Waals surface area contributed by atoms with Gasteiger partial charge in [0, 0.05) is 19.1 Å². The maximum atomic E-state index is 12.3. The lowest BCUT2D eigenvalue weighted by atomic mass is 10.2. The van der Waals surface area contributed by atoms with Gasteiger partial charge in [-0.2, -0.15) is 0 Å². The van der Waals surface area contributed by atoms with Gasteiger partial charge in [-0.15, -0.1) is 0 Å². The lowest BCUT2D eigenvalue weighted by Gasteiger charge is -2.27. The number of oxazole rings is 1. The second kappa shape index (κ2) is 8.73. The van der Waals surface area contributed by atoms with Crippen molar-refractivity contribution in [3.05, 3.63) is 59.0 Å². The average Bonchev–Trinajstić information content (AvgIpc) is 3.28. The molecule has 0 saturated carbocycles. The largest absolute Gasteiger partial charge is 0.468 e. The highest BCUT2D eigenvalue weighted by Crippen LogP contribution is 2.12. The van der Waals surface area contributed by atoms with Crippen molar-refractivity contribution < 1.29 is 13.6 Å². The zero-order valence-electron chi connectivity index (χ0n) is 15.7. The fourth-order valence-corrected chi connectivity index (χ4v) is 3.02. The van der Waals surface area contributed by atoms with Crippen LogP contribution in [0.3, 0.4) is 0 Å². The number of benzene rings is 1. The molecular weight excluding hydrogens is 346 g/mol. The summed E-state index contributed by atoms with van der Waals surface area (Å²) in [6.45, 7) is 6.12. The normalized spacial score (nSPS) is 12.6. The molecule has 2 heterocycles. The average molecular weight is 371 g/mol. The molecule has 1 N–H and O–H groups in total. The molecule has 144 valence electrons. The first-order valence-corrected chi connectivity index (χ1v) is 9.20. The summed E-state index contributed by atoms with van der Waals surface area (Å²) < 4.78 is 11.9.